The Hall–Kier alpha value is -1.31. The lowest BCUT2D eigenvalue weighted by Crippen LogP contribution is -2.00. The molecule has 2 aliphatic rings. The largest absolute Gasteiger partial charge is 0.476 e. The second-order valence-electron chi connectivity index (χ2n) is 2.72. The first kappa shape index (κ1) is 7.35. The molecule has 0 saturated heterocycles. The zero-order chi connectivity index (χ0) is 8.23. The second kappa shape index (κ2) is 3.39. The van der Waals surface area contributed by atoms with Crippen LogP contribution in [0.25, 0.3) is 0 Å². The van der Waals surface area contributed by atoms with Crippen LogP contribution in [0.1, 0.15) is 6.42 Å². The number of hydrogen-bond donors (Lipinski definition) is 0. The summed E-state index contributed by atoms with van der Waals surface area (Å²) in [5, 5.41) is 0. The maximum atomic E-state index is 5.34. The summed E-state index contributed by atoms with van der Waals surface area (Å²) in [5.74, 6) is 0.790. The first-order chi connectivity index (χ1) is 5.97. The highest BCUT2D eigenvalue weighted by Crippen LogP contribution is 2.10. The highest BCUT2D eigenvalue weighted by Gasteiger charge is 2.10. The summed E-state index contributed by atoms with van der Waals surface area (Å²) in [6, 6.07) is 0. The van der Waals surface area contributed by atoms with Crippen molar-refractivity contribution in [2.75, 3.05) is 13.2 Å². The summed E-state index contributed by atoms with van der Waals surface area (Å²) in [7, 11) is 0. The van der Waals surface area contributed by atoms with Gasteiger partial charge in [-0.25, -0.2) is 4.99 Å². The number of nitrogens with zero attached hydrogens (tertiary/aromatic N) is 1. The van der Waals surface area contributed by atoms with E-state index in [2.05, 4.69) is 23.2 Å². The van der Waals surface area contributed by atoms with Gasteiger partial charge in [0.05, 0.1) is 6.54 Å². The number of aliphatic imine (C=N–C) groups is 1. The van der Waals surface area contributed by atoms with E-state index >= 15 is 0 Å². The van der Waals surface area contributed by atoms with Crippen LogP contribution in [0.4, 0.5) is 0 Å². The Balaban J connectivity index is 2.21. The first-order valence-electron chi connectivity index (χ1n) is 4.18. The molecule has 1 aliphatic carbocycles. The smallest absolute Gasteiger partial charge is 0.216 e. The highest BCUT2D eigenvalue weighted by molar-refractivity contribution is 5.97. The quantitative estimate of drug-likeness (QED) is 0.575. The van der Waals surface area contributed by atoms with Crippen molar-refractivity contribution in [3.63, 3.8) is 0 Å². The zero-order valence-electron chi connectivity index (χ0n) is 6.86. The van der Waals surface area contributed by atoms with Gasteiger partial charge in [0.2, 0.25) is 5.90 Å². The zero-order valence-corrected chi connectivity index (χ0v) is 6.86. The molecule has 0 aromatic rings. The molecule has 0 aromatic carbocycles. The molecule has 1 aliphatic heterocycles. The Bertz CT molecular complexity index is 284. The fourth-order valence-electron chi connectivity index (χ4n) is 1.23. The van der Waals surface area contributed by atoms with E-state index in [4.69, 9.17) is 4.74 Å². The Morgan fingerprint density at radius 2 is 2.33 bits per heavy atom. The molecule has 0 atom stereocenters. The minimum Gasteiger partial charge on any atom is -0.476 e. The van der Waals surface area contributed by atoms with E-state index in [9.17, 15) is 0 Å². The number of rotatable bonds is 1. The van der Waals surface area contributed by atoms with Crippen molar-refractivity contribution in [1.29, 1.82) is 0 Å². The Labute approximate surface area is 72.0 Å². The van der Waals surface area contributed by atoms with Crippen LogP contribution in [0, 0.1) is 0 Å². The summed E-state index contributed by atoms with van der Waals surface area (Å²) in [6.07, 6.45) is 11.4. The van der Waals surface area contributed by atoms with Crippen molar-refractivity contribution in [3.8, 4) is 0 Å². The summed E-state index contributed by atoms with van der Waals surface area (Å²) < 4.78 is 5.34. The molecule has 0 unspecified atom stereocenters. The van der Waals surface area contributed by atoms with Crippen LogP contribution < -0.4 is 0 Å². The maximum Gasteiger partial charge on any atom is 0.216 e. The van der Waals surface area contributed by atoms with Crippen molar-refractivity contribution >= 4 is 5.90 Å². The van der Waals surface area contributed by atoms with Gasteiger partial charge >= 0.3 is 0 Å². The monoisotopic (exact) mass is 161 g/mol. The van der Waals surface area contributed by atoms with Crippen LogP contribution in [0.5, 0.6) is 0 Å². The molecular formula is C10H11NO. The Kier molecular flexibility index (Phi) is 2.08. The van der Waals surface area contributed by atoms with Crippen LogP contribution >= 0.6 is 0 Å². The van der Waals surface area contributed by atoms with E-state index < -0.39 is 0 Å². The predicted molar refractivity (Wildman–Crippen MR) is 49.2 cm³/mol. The molecule has 2 rings (SSSR count). The second-order valence-corrected chi connectivity index (χ2v) is 2.72. The average molecular weight is 161 g/mol. The van der Waals surface area contributed by atoms with Gasteiger partial charge in [0, 0.05) is 5.57 Å². The summed E-state index contributed by atoms with van der Waals surface area (Å²) >= 11 is 0. The molecule has 0 aromatic heterocycles. The third-order valence-corrected chi connectivity index (χ3v) is 1.81. The number of ether oxygens (including phenoxy) is 1. The van der Waals surface area contributed by atoms with Crippen molar-refractivity contribution < 1.29 is 4.74 Å². The van der Waals surface area contributed by atoms with Crippen LogP contribution in [-0.2, 0) is 4.74 Å². The van der Waals surface area contributed by atoms with E-state index in [1.54, 1.807) is 0 Å². The average Bonchev–Trinajstić information content (AvgIpc) is 2.48. The minimum absolute atomic E-state index is 0.726. The molecule has 0 bridgehead atoms. The molecule has 0 amide bonds. The van der Waals surface area contributed by atoms with E-state index in [0.29, 0.717) is 0 Å². The van der Waals surface area contributed by atoms with Gasteiger partial charge in [-0.15, -0.1) is 0 Å². The van der Waals surface area contributed by atoms with Gasteiger partial charge in [-0.05, 0) is 12.5 Å². The maximum absolute atomic E-state index is 5.34. The van der Waals surface area contributed by atoms with Crippen LogP contribution in [0.15, 0.2) is 40.9 Å². The Morgan fingerprint density at radius 3 is 3.17 bits per heavy atom. The summed E-state index contributed by atoms with van der Waals surface area (Å²) in [4.78, 5) is 4.24. The SMILES string of the molecule is C1=CCC=CC(C2=NCCO2)=C1. The molecule has 0 saturated carbocycles. The van der Waals surface area contributed by atoms with E-state index in [1.165, 1.54) is 0 Å². The molecule has 0 spiro atoms. The third kappa shape index (κ3) is 1.47. The third-order valence-electron chi connectivity index (χ3n) is 1.81. The van der Waals surface area contributed by atoms with Crippen molar-refractivity contribution in [2.45, 2.75) is 6.42 Å². The molecule has 2 nitrogen and oxygen atoms in total. The molecule has 62 valence electrons. The van der Waals surface area contributed by atoms with Gasteiger partial charge < -0.3 is 4.74 Å². The minimum atomic E-state index is 0.726. The van der Waals surface area contributed by atoms with Gasteiger partial charge in [0.1, 0.15) is 6.61 Å². The van der Waals surface area contributed by atoms with Gasteiger partial charge in [0.15, 0.2) is 0 Å². The topological polar surface area (TPSA) is 21.6 Å². The number of hydrogen-bond acceptors (Lipinski definition) is 2. The first-order valence-corrected chi connectivity index (χ1v) is 4.18. The van der Waals surface area contributed by atoms with Crippen LogP contribution in [-0.4, -0.2) is 19.0 Å². The normalized spacial score (nSPS) is 21.3. The molecule has 0 radical (unpaired) electrons. The lowest BCUT2D eigenvalue weighted by Gasteiger charge is -1.99. The molecule has 0 N–H and O–H groups in total. The van der Waals surface area contributed by atoms with Crippen molar-refractivity contribution in [2.24, 2.45) is 4.99 Å². The van der Waals surface area contributed by atoms with Gasteiger partial charge in [-0.1, -0.05) is 24.3 Å². The van der Waals surface area contributed by atoms with E-state index in [1.807, 2.05) is 12.2 Å². The van der Waals surface area contributed by atoms with Crippen LogP contribution in [0.3, 0.4) is 0 Å². The fourth-order valence-corrected chi connectivity index (χ4v) is 1.23. The summed E-state index contributed by atoms with van der Waals surface area (Å²) in [6.45, 7) is 1.52. The molecule has 2 heteroatoms. The molecule has 0 fully saturated rings. The van der Waals surface area contributed by atoms with Crippen molar-refractivity contribution in [3.05, 3.63) is 36.0 Å². The number of allylic oxidation sites excluding steroid dienone is 4. The van der Waals surface area contributed by atoms with Gasteiger partial charge in [-0.2, -0.15) is 0 Å². The fraction of sp³-hybridized carbons (Fsp3) is 0.300. The lowest BCUT2D eigenvalue weighted by atomic mass is 10.2. The lowest BCUT2D eigenvalue weighted by molar-refractivity contribution is 0.348. The Morgan fingerprint density at radius 1 is 1.33 bits per heavy atom. The van der Waals surface area contributed by atoms with Gasteiger partial charge in [0.25, 0.3) is 0 Å². The van der Waals surface area contributed by atoms with E-state index in [-0.39, 0.29) is 0 Å². The molecule has 1 heterocycles. The molecular weight excluding hydrogens is 150 g/mol. The highest BCUT2D eigenvalue weighted by atomic mass is 16.5. The van der Waals surface area contributed by atoms with Crippen molar-refractivity contribution in [1.82, 2.24) is 0 Å². The van der Waals surface area contributed by atoms with E-state index in [0.717, 1.165) is 31.0 Å². The van der Waals surface area contributed by atoms with Gasteiger partial charge in [-0.3, -0.25) is 0 Å². The standard InChI is InChI=1S/C10H11NO/c1-2-4-6-9(5-3-1)10-11-7-8-12-10/h1,3-6H,2,7-8H2. The molecule has 12 heavy (non-hydrogen) atoms. The summed E-state index contributed by atoms with van der Waals surface area (Å²) in [5.41, 5.74) is 1.08. The predicted octanol–water partition coefficient (Wildman–Crippen LogP) is 1.86. The van der Waals surface area contributed by atoms with Crippen LogP contribution in [0.2, 0.25) is 0 Å².